The summed E-state index contributed by atoms with van der Waals surface area (Å²) in [5.41, 5.74) is 7.16. The molecule has 0 spiro atoms. The largest absolute Gasteiger partial charge is 0.465 e. The van der Waals surface area contributed by atoms with E-state index in [0.29, 0.717) is 23.0 Å². The number of hydrogen-bond donors (Lipinski definition) is 0. The summed E-state index contributed by atoms with van der Waals surface area (Å²) in [4.78, 5) is 21.9. The quantitative estimate of drug-likeness (QED) is 0.349. The molecule has 2 heterocycles. The number of fused-ring (bicyclic) bond motifs is 1. The Bertz CT molecular complexity index is 1340. The number of methoxy groups -OCH3 is 1. The van der Waals surface area contributed by atoms with Crippen molar-refractivity contribution in [1.29, 1.82) is 0 Å². The number of imidazole rings is 1. The molecular formula is C26H24ClN3O2. The molecule has 1 aliphatic carbocycles. The zero-order valence-electron chi connectivity index (χ0n) is 18.4. The van der Waals surface area contributed by atoms with Crippen LogP contribution in [0, 0.1) is 13.8 Å². The molecule has 0 radical (unpaired) electrons. The number of carbonyl (C=O) groups is 1. The van der Waals surface area contributed by atoms with Gasteiger partial charge in [0.25, 0.3) is 0 Å². The minimum absolute atomic E-state index is 0.334. The molecule has 2 aromatic heterocycles. The second-order valence-electron chi connectivity index (χ2n) is 8.37. The van der Waals surface area contributed by atoms with E-state index in [0.717, 1.165) is 44.9 Å². The van der Waals surface area contributed by atoms with Crippen molar-refractivity contribution in [2.45, 2.75) is 39.2 Å². The molecule has 1 aliphatic rings. The Morgan fingerprint density at radius 1 is 1.09 bits per heavy atom. The van der Waals surface area contributed by atoms with E-state index in [1.807, 2.05) is 44.2 Å². The first kappa shape index (κ1) is 20.7. The molecule has 0 bridgehead atoms. The number of benzene rings is 2. The predicted molar refractivity (Wildman–Crippen MR) is 126 cm³/mol. The topological polar surface area (TPSA) is 57.0 Å². The minimum Gasteiger partial charge on any atom is -0.465 e. The highest BCUT2D eigenvalue weighted by molar-refractivity contribution is 6.32. The summed E-state index contributed by atoms with van der Waals surface area (Å²) < 4.78 is 7.17. The molecule has 0 amide bonds. The number of nitrogens with zero attached hydrogens (tertiary/aromatic N) is 3. The average Bonchev–Trinajstić information content (AvgIpc) is 3.60. The summed E-state index contributed by atoms with van der Waals surface area (Å²) in [6.45, 7) is 4.64. The molecule has 1 fully saturated rings. The number of carbonyl (C=O) groups excluding carboxylic acids is 1. The van der Waals surface area contributed by atoms with Gasteiger partial charge in [0.15, 0.2) is 5.65 Å². The van der Waals surface area contributed by atoms with Crippen molar-refractivity contribution in [1.82, 2.24) is 14.5 Å². The zero-order valence-corrected chi connectivity index (χ0v) is 19.1. The lowest BCUT2D eigenvalue weighted by molar-refractivity contribution is 0.0601. The van der Waals surface area contributed by atoms with Gasteiger partial charge in [-0.05, 0) is 55.0 Å². The van der Waals surface area contributed by atoms with Gasteiger partial charge in [-0.3, -0.25) is 0 Å². The smallest absolute Gasteiger partial charge is 0.338 e. The van der Waals surface area contributed by atoms with Gasteiger partial charge in [-0.15, -0.1) is 0 Å². The van der Waals surface area contributed by atoms with Crippen LogP contribution < -0.4 is 0 Å². The standard InChI is InChI=1S/C26H24ClN3O2/c1-15-22(27)16(2)28-25-23(15)29-24(19-12-13-19)30(25)14-17-8-10-18(11-9-17)20-6-4-5-7-21(20)26(31)32-3/h4-11,19H,12-14H2,1-3H3. The van der Waals surface area contributed by atoms with E-state index >= 15 is 0 Å². The third-order valence-corrected chi connectivity index (χ3v) is 6.68. The van der Waals surface area contributed by atoms with Gasteiger partial charge in [0, 0.05) is 5.92 Å². The van der Waals surface area contributed by atoms with E-state index in [1.165, 1.54) is 20.0 Å². The van der Waals surface area contributed by atoms with Crippen molar-refractivity contribution in [2.24, 2.45) is 0 Å². The summed E-state index contributed by atoms with van der Waals surface area (Å²) >= 11 is 6.45. The summed E-state index contributed by atoms with van der Waals surface area (Å²) in [5, 5.41) is 0.693. The van der Waals surface area contributed by atoms with Crippen LogP contribution in [0.1, 0.15) is 51.8 Å². The maximum atomic E-state index is 12.1. The van der Waals surface area contributed by atoms with Crippen LogP contribution in [-0.2, 0) is 11.3 Å². The molecular weight excluding hydrogens is 422 g/mol. The fourth-order valence-corrected chi connectivity index (χ4v) is 4.35. The third-order valence-electron chi connectivity index (χ3n) is 6.13. The van der Waals surface area contributed by atoms with Crippen LogP contribution in [0.3, 0.4) is 0 Å². The van der Waals surface area contributed by atoms with Crippen LogP contribution in [0.2, 0.25) is 5.02 Å². The van der Waals surface area contributed by atoms with Gasteiger partial charge in [-0.25, -0.2) is 14.8 Å². The molecule has 5 rings (SSSR count). The van der Waals surface area contributed by atoms with Crippen molar-refractivity contribution in [2.75, 3.05) is 7.11 Å². The van der Waals surface area contributed by atoms with Gasteiger partial charge in [0.2, 0.25) is 0 Å². The van der Waals surface area contributed by atoms with E-state index in [2.05, 4.69) is 16.7 Å². The number of hydrogen-bond acceptors (Lipinski definition) is 4. The summed E-state index contributed by atoms with van der Waals surface area (Å²) in [5.74, 6) is 1.25. The molecule has 4 aromatic rings. The Balaban J connectivity index is 1.52. The fourth-order valence-electron chi connectivity index (χ4n) is 4.21. The first-order chi connectivity index (χ1) is 15.5. The lowest BCUT2D eigenvalue weighted by Gasteiger charge is -2.11. The average molecular weight is 446 g/mol. The Hall–Kier alpha value is -3.18. The normalized spacial score (nSPS) is 13.5. The highest BCUT2D eigenvalue weighted by atomic mass is 35.5. The Morgan fingerprint density at radius 2 is 1.81 bits per heavy atom. The summed E-state index contributed by atoms with van der Waals surface area (Å²) in [7, 11) is 1.40. The van der Waals surface area contributed by atoms with Crippen molar-refractivity contribution in [3.63, 3.8) is 0 Å². The minimum atomic E-state index is -0.334. The number of aromatic nitrogens is 3. The van der Waals surface area contributed by atoms with Gasteiger partial charge in [0.1, 0.15) is 11.3 Å². The zero-order chi connectivity index (χ0) is 22.4. The van der Waals surface area contributed by atoms with Crippen LogP contribution in [0.25, 0.3) is 22.3 Å². The molecule has 0 aliphatic heterocycles. The maximum absolute atomic E-state index is 12.1. The van der Waals surface area contributed by atoms with Crippen LogP contribution in [0.15, 0.2) is 48.5 Å². The number of halogens is 1. The summed E-state index contributed by atoms with van der Waals surface area (Å²) in [6, 6.07) is 15.8. The lowest BCUT2D eigenvalue weighted by atomic mass is 9.98. The van der Waals surface area contributed by atoms with E-state index in [1.54, 1.807) is 6.07 Å². The first-order valence-corrected chi connectivity index (χ1v) is 11.1. The van der Waals surface area contributed by atoms with Crippen LogP contribution in [0.4, 0.5) is 0 Å². The van der Waals surface area contributed by atoms with Gasteiger partial charge in [0.05, 0.1) is 29.9 Å². The Morgan fingerprint density at radius 3 is 2.50 bits per heavy atom. The Labute approximate surface area is 192 Å². The van der Waals surface area contributed by atoms with E-state index in [4.69, 9.17) is 26.3 Å². The number of pyridine rings is 1. The molecule has 0 atom stereocenters. The van der Waals surface area contributed by atoms with Gasteiger partial charge in [-0.1, -0.05) is 54.1 Å². The number of ether oxygens (including phenoxy) is 1. The van der Waals surface area contributed by atoms with Crippen molar-refractivity contribution in [3.05, 3.63) is 81.8 Å². The van der Waals surface area contributed by atoms with Crippen molar-refractivity contribution >= 4 is 28.7 Å². The van der Waals surface area contributed by atoms with Crippen LogP contribution in [-0.4, -0.2) is 27.6 Å². The van der Waals surface area contributed by atoms with Crippen molar-refractivity contribution in [3.8, 4) is 11.1 Å². The highest BCUT2D eigenvalue weighted by Crippen LogP contribution is 2.41. The Kier molecular flexibility index (Phi) is 5.22. The lowest BCUT2D eigenvalue weighted by Crippen LogP contribution is -2.06. The van der Waals surface area contributed by atoms with Gasteiger partial charge in [-0.2, -0.15) is 0 Å². The van der Waals surface area contributed by atoms with E-state index in [-0.39, 0.29) is 5.97 Å². The molecule has 0 saturated heterocycles. The predicted octanol–water partition coefficient (Wildman–Crippen LogP) is 6.08. The van der Waals surface area contributed by atoms with E-state index in [9.17, 15) is 4.79 Å². The van der Waals surface area contributed by atoms with Gasteiger partial charge < -0.3 is 9.30 Å². The number of aryl methyl sites for hydroxylation is 2. The maximum Gasteiger partial charge on any atom is 0.338 e. The molecule has 6 heteroatoms. The molecule has 0 unspecified atom stereocenters. The highest BCUT2D eigenvalue weighted by Gasteiger charge is 2.31. The second kappa shape index (κ2) is 8.06. The number of esters is 1. The number of rotatable bonds is 5. The molecule has 1 saturated carbocycles. The van der Waals surface area contributed by atoms with Crippen LogP contribution in [0.5, 0.6) is 0 Å². The SMILES string of the molecule is COC(=O)c1ccccc1-c1ccc(Cn2c(C3CC3)nc3c(C)c(Cl)c(C)nc32)cc1. The first-order valence-electron chi connectivity index (χ1n) is 10.8. The molecule has 0 N–H and O–H groups in total. The van der Waals surface area contributed by atoms with Crippen molar-refractivity contribution < 1.29 is 9.53 Å². The molecule has 162 valence electrons. The molecule has 2 aromatic carbocycles. The van der Waals surface area contributed by atoms with Gasteiger partial charge >= 0.3 is 5.97 Å². The third kappa shape index (κ3) is 3.56. The fraction of sp³-hybridized carbons (Fsp3) is 0.269. The van der Waals surface area contributed by atoms with Crippen LogP contribution >= 0.6 is 11.6 Å². The summed E-state index contributed by atoms with van der Waals surface area (Å²) in [6.07, 6.45) is 2.33. The molecule has 32 heavy (non-hydrogen) atoms. The second-order valence-corrected chi connectivity index (χ2v) is 8.75. The van der Waals surface area contributed by atoms with E-state index < -0.39 is 0 Å². The monoisotopic (exact) mass is 445 g/mol. The molecule has 5 nitrogen and oxygen atoms in total.